The number of rotatable bonds is 17. The van der Waals surface area contributed by atoms with Crippen molar-refractivity contribution in [3.63, 3.8) is 0 Å². The largest absolute Gasteiger partial charge is 0.550 e. The van der Waals surface area contributed by atoms with E-state index >= 15 is 0 Å². The van der Waals surface area contributed by atoms with Crippen LogP contribution in [-0.2, 0) is 16.0 Å². The van der Waals surface area contributed by atoms with Crippen LogP contribution in [0.2, 0.25) is 0 Å². The quantitative estimate of drug-likeness (QED) is 0.333. The number of hydrogen-bond donors (Lipinski definition) is 1. The second kappa shape index (κ2) is 14.4. The summed E-state index contributed by atoms with van der Waals surface area (Å²) in [5.74, 6) is -5.45. The summed E-state index contributed by atoms with van der Waals surface area (Å²) in [6.07, 6.45) is 7.27. The monoisotopic (exact) mass is 480 g/mol. The topological polar surface area (TPSA) is 80.7 Å². The molecule has 0 unspecified atom stereocenters. The second-order valence-corrected chi connectivity index (χ2v) is 9.80. The van der Waals surface area contributed by atoms with Crippen LogP contribution in [0.15, 0.2) is 30.3 Å². The van der Waals surface area contributed by atoms with Crippen LogP contribution in [0.3, 0.4) is 0 Å². The molecule has 34 heavy (non-hydrogen) atoms. The van der Waals surface area contributed by atoms with Gasteiger partial charge in [-0.2, -0.15) is 8.78 Å². The average molecular weight is 481 g/mol. The molecule has 0 aliphatic carbocycles. The third kappa shape index (κ3) is 9.69. The van der Waals surface area contributed by atoms with Gasteiger partial charge in [0.1, 0.15) is 0 Å². The maximum atomic E-state index is 14.1. The third-order valence-corrected chi connectivity index (χ3v) is 6.96. The highest BCUT2D eigenvalue weighted by Crippen LogP contribution is 2.36. The zero-order valence-corrected chi connectivity index (χ0v) is 20.4. The minimum atomic E-state index is -3.34. The Morgan fingerprint density at radius 1 is 1.09 bits per heavy atom. The van der Waals surface area contributed by atoms with Crippen LogP contribution < -0.4 is 5.11 Å². The van der Waals surface area contributed by atoms with Crippen molar-refractivity contribution in [2.45, 2.75) is 108 Å². The Balaban J connectivity index is 1.67. The molecule has 3 atom stereocenters. The summed E-state index contributed by atoms with van der Waals surface area (Å²) in [6, 6.07) is 9.80. The Morgan fingerprint density at radius 3 is 2.47 bits per heavy atom. The average Bonchev–Trinajstić information content (AvgIpc) is 3.02. The molecule has 1 aliphatic heterocycles. The number of aryl methyl sites for hydroxylation is 1. The molecule has 192 valence electrons. The maximum Gasteiger partial charge on any atom is 0.326 e. The standard InChI is InChI=1S/C27H41F2NO4/c1-21(12-6-4-7-13-22-14-8-5-9-15-22)24(31)18-17-23-20-27(28,29)26(34)30(23)19-11-3-2-10-16-25(32)33/h5,8-9,14-15,21,23-24,31H,2-4,6-7,10-13,16-20H2,1H3,(H,32,33)/p-1/t21-,23+,24-/m1/s1. The fourth-order valence-corrected chi connectivity index (χ4v) is 4.77. The summed E-state index contributed by atoms with van der Waals surface area (Å²) < 4.78 is 28.2. The van der Waals surface area contributed by atoms with Gasteiger partial charge in [0, 0.05) is 25.0 Å². The number of aliphatic carboxylic acids is 1. The van der Waals surface area contributed by atoms with Gasteiger partial charge in [-0.3, -0.25) is 4.79 Å². The van der Waals surface area contributed by atoms with Crippen LogP contribution in [0.25, 0.3) is 0 Å². The predicted molar refractivity (Wildman–Crippen MR) is 126 cm³/mol. The molecule has 0 radical (unpaired) electrons. The van der Waals surface area contributed by atoms with Crippen molar-refractivity contribution in [1.29, 1.82) is 0 Å². The highest BCUT2D eigenvalue weighted by Gasteiger charge is 2.52. The predicted octanol–water partition coefficient (Wildman–Crippen LogP) is 4.50. The van der Waals surface area contributed by atoms with Crippen molar-refractivity contribution >= 4 is 11.9 Å². The van der Waals surface area contributed by atoms with Crippen molar-refractivity contribution in [1.82, 2.24) is 4.90 Å². The molecular weight excluding hydrogens is 440 g/mol. The second-order valence-electron chi connectivity index (χ2n) is 9.80. The van der Waals surface area contributed by atoms with E-state index in [1.807, 2.05) is 25.1 Å². The van der Waals surface area contributed by atoms with E-state index in [9.17, 15) is 28.6 Å². The smallest absolute Gasteiger partial charge is 0.326 e. The number of alkyl halides is 2. The fourth-order valence-electron chi connectivity index (χ4n) is 4.77. The van der Waals surface area contributed by atoms with Gasteiger partial charge in [0.25, 0.3) is 5.91 Å². The number of halogens is 2. The fraction of sp³-hybridized carbons (Fsp3) is 0.704. The number of carboxylic acids is 1. The van der Waals surface area contributed by atoms with Gasteiger partial charge in [-0.25, -0.2) is 0 Å². The molecular formula is C27H40F2NO4-. The van der Waals surface area contributed by atoms with E-state index in [-0.39, 0.29) is 18.9 Å². The first-order chi connectivity index (χ1) is 16.2. The van der Waals surface area contributed by atoms with Crippen LogP contribution >= 0.6 is 0 Å². The molecule has 7 heteroatoms. The molecule has 1 N–H and O–H groups in total. The zero-order valence-electron chi connectivity index (χ0n) is 20.4. The van der Waals surface area contributed by atoms with Crippen molar-refractivity contribution in [2.75, 3.05) is 6.54 Å². The number of carbonyl (C=O) groups is 2. The zero-order chi connectivity index (χ0) is 25.0. The molecule has 0 aromatic heterocycles. The number of aliphatic hydroxyl groups excluding tert-OH is 1. The summed E-state index contributed by atoms with van der Waals surface area (Å²) >= 11 is 0. The van der Waals surface area contributed by atoms with Gasteiger partial charge in [-0.15, -0.1) is 0 Å². The lowest BCUT2D eigenvalue weighted by Crippen LogP contribution is -2.37. The van der Waals surface area contributed by atoms with E-state index in [1.54, 1.807) is 0 Å². The van der Waals surface area contributed by atoms with Gasteiger partial charge in [-0.1, -0.05) is 62.9 Å². The number of carboxylic acid groups (broad SMARTS) is 1. The van der Waals surface area contributed by atoms with Gasteiger partial charge >= 0.3 is 5.92 Å². The molecule has 0 bridgehead atoms. The molecule has 1 aromatic carbocycles. The molecule has 0 spiro atoms. The lowest BCUT2D eigenvalue weighted by molar-refractivity contribution is -0.305. The SMILES string of the molecule is C[C@H](CCCCCc1ccccc1)[C@H](O)CC[C@H]1CC(F)(F)C(=O)N1CCCCCCC(=O)[O-]. The summed E-state index contributed by atoms with van der Waals surface area (Å²) in [5.41, 5.74) is 1.33. The summed E-state index contributed by atoms with van der Waals surface area (Å²) in [5, 5.41) is 21.0. The minimum Gasteiger partial charge on any atom is -0.550 e. The first-order valence-corrected chi connectivity index (χ1v) is 12.8. The lowest BCUT2D eigenvalue weighted by atomic mass is 9.92. The number of nitrogens with zero attached hydrogens (tertiary/aromatic N) is 1. The van der Waals surface area contributed by atoms with Gasteiger partial charge in [-0.05, 0) is 62.8 Å². The number of unbranched alkanes of at least 4 members (excludes halogenated alkanes) is 5. The van der Waals surface area contributed by atoms with E-state index < -0.39 is 36.4 Å². The third-order valence-electron chi connectivity index (χ3n) is 6.96. The molecule has 1 aliphatic rings. The normalized spacial score (nSPS) is 19.4. The van der Waals surface area contributed by atoms with Crippen molar-refractivity contribution < 1.29 is 28.6 Å². The van der Waals surface area contributed by atoms with Gasteiger partial charge in [0.05, 0.1) is 6.10 Å². The molecule has 1 saturated heterocycles. The van der Waals surface area contributed by atoms with Crippen molar-refractivity contribution in [3.8, 4) is 0 Å². The number of hydrogen-bond acceptors (Lipinski definition) is 4. The number of aliphatic hydroxyl groups is 1. The summed E-state index contributed by atoms with van der Waals surface area (Å²) in [4.78, 5) is 23.9. The van der Waals surface area contributed by atoms with Crippen LogP contribution in [0, 0.1) is 5.92 Å². The van der Waals surface area contributed by atoms with Crippen LogP contribution in [0.5, 0.6) is 0 Å². The molecule has 0 saturated carbocycles. The number of carbonyl (C=O) groups excluding carboxylic acids is 2. The first kappa shape index (κ1) is 28.2. The molecule has 2 rings (SSSR count). The van der Waals surface area contributed by atoms with Gasteiger partial charge in [0.15, 0.2) is 0 Å². The summed E-state index contributed by atoms with van der Waals surface area (Å²) in [7, 11) is 0. The molecule has 1 aromatic rings. The lowest BCUT2D eigenvalue weighted by Gasteiger charge is -2.26. The van der Waals surface area contributed by atoms with Gasteiger partial charge < -0.3 is 19.9 Å². The van der Waals surface area contributed by atoms with Crippen molar-refractivity contribution in [3.05, 3.63) is 35.9 Å². The Kier molecular flexibility index (Phi) is 11.9. The van der Waals surface area contributed by atoms with Gasteiger partial charge in [0.2, 0.25) is 0 Å². The number of likely N-dealkylation sites (tertiary alicyclic amines) is 1. The molecule has 1 amide bonds. The minimum absolute atomic E-state index is 0.00750. The van der Waals surface area contributed by atoms with E-state index in [1.165, 1.54) is 10.5 Å². The van der Waals surface area contributed by atoms with Crippen LogP contribution in [0.1, 0.15) is 89.5 Å². The van der Waals surface area contributed by atoms with Crippen LogP contribution in [-0.4, -0.2) is 46.5 Å². The number of amides is 1. The maximum absolute atomic E-state index is 14.1. The van der Waals surface area contributed by atoms with Crippen molar-refractivity contribution in [2.24, 2.45) is 5.92 Å². The van der Waals surface area contributed by atoms with E-state index in [2.05, 4.69) is 12.1 Å². The molecule has 5 nitrogen and oxygen atoms in total. The Bertz CT molecular complexity index is 743. The van der Waals surface area contributed by atoms with E-state index in [4.69, 9.17) is 0 Å². The Labute approximate surface area is 202 Å². The summed E-state index contributed by atoms with van der Waals surface area (Å²) in [6.45, 7) is 2.25. The molecule has 1 fully saturated rings. The number of benzene rings is 1. The van der Waals surface area contributed by atoms with Crippen LogP contribution in [0.4, 0.5) is 8.78 Å². The van der Waals surface area contributed by atoms with E-state index in [0.717, 1.165) is 32.1 Å². The Morgan fingerprint density at radius 2 is 1.76 bits per heavy atom. The molecule has 1 heterocycles. The highest BCUT2D eigenvalue weighted by molar-refractivity contribution is 5.86. The van der Waals surface area contributed by atoms with E-state index in [0.29, 0.717) is 38.5 Å². The Hall–Kier alpha value is -2.02. The first-order valence-electron chi connectivity index (χ1n) is 12.8. The highest BCUT2D eigenvalue weighted by atomic mass is 19.3.